The molecule has 2 aromatic carbocycles. The van der Waals surface area contributed by atoms with E-state index in [2.05, 4.69) is 5.16 Å². The number of halogens is 2. The van der Waals surface area contributed by atoms with Gasteiger partial charge in [0.25, 0.3) is 0 Å². The van der Waals surface area contributed by atoms with Crippen LogP contribution in [0.3, 0.4) is 0 Å². The molecule has 5 nitrogen and oxygen atoms in total. The van der Waals surface area contributed by atoms with E-state index >= 15 is 0 Å². The first-order valence-electron chi connectivity index (χ1n) is 7.29. The molecule has 0 amide bonds. The third-order valence-corrected chi connectivity index (χ3v) is 3.23. The summed E-state index contributed by atoms with van der Waals surface area (Å²) in [5, 5.41) is 11.9. The molecule has 0 saturated carbocycles. The summed E-state index contributed by atoms with van der Waals surface area (Å²) in [6, 6.07) is 8.97. The Labute approximate surface area is 144 Å². The third-order valence-electron chi connectivity index (χ3n) is 2.95. The zero-order valence-electron chi connectivity index (χ0n) is 13.0. The monoisotopic (exact) mass is 353 g/mol. The summed E-state index contributed by atoms with van der Waals surface area (Å²) in [6.07, 6.45) is 1.25. The molecule has 128 valence electrons. The molecular formula is C17H17ClFNO4. The lowest BCUT2D eigenvalue weighted by Crippen LogP contribution is -2.10. The molecule has 0 aliphatic carbocycles. The Morgan fingerprint density at radius 3 is 2.50 bits per heavy atom. The molecular weight excluding hydrogens is 337 g/mol. The van der Waals surface area contributed by atoms with Crippen molar-refractivity contribution in [2.75, 3.05) is 19.8 Å². The second-order valence-corrected chi connectivity index (χ2v) is 5.07. The molecule has 0 fully saturated rings. The maximum absolute atomic E-state index is 12.8. The molecule has 0 aliphatic rings. The Kier molecular flexibility index (Phi) is 6.69. The van der Waals surface area contributed by atoms with E-state index in [0.717, 1.165) is 0 Å². The van der Waals surface area contributed by atoms with Gasteiger partial charge in [-0.3, -0.25) is 0 Å². The predicted molar refractivity (Wildman–Crippen MR) is 89.4 cm³/mol. The summed E-state index contributed by atoms with van der Waals surface area (Å²) in [6.45, 7) is 2.75. The van der Waals surface area contributed by atoms with E-state index in [4.69, 9.17) is 31.0 Å². The standard InChI is InChI=1S/C17H17ClFNO4/c1-2-22-16-10-12(11-20-21)9-15(18)17(16)24-8-7-23-14-5-3-13(19)4-6-14/h3-6,9-11,21H,2,7-8H2,1H3. The number of hydrogen-bond donors (Lipinski definition) is 1. The quantitative estimate of drug-likeness (QED) is 0.335. The highest BCUT2D eigenvalue weighted by atomic mass is 35.5. The molecule has 0 aromatic heterocycles. The molecule has 0 heterocycles. The number of nitrogens with zero attached hydrogens (tertiary/aromatic N) is 1. The number of hydrogen-bond acceptors (Lipinski definition) is 5. The minimum Gasteiger partial charge on any atom is -0.490 e. The van der Waals surface area contributed by atoms with Gasteiger partial charge < -0.3 is 19.4 Å². The van der Waals surface area contributed by atoms with E-state index in [1.165, 1.54) is 30.5 Å². The average molecular weight is 354 g/mol. The average Bonchev–Trinajstić information content (AvgIpc) is 2.55. The Bertz CT molecular complexity index is 692. The van der Waals surface area contributed by atoms with E-state index in [0.29, 0.717) is 34.4 Å². The zero-order chi connectivity index (χ0) is 17.4. The van der Waals surface area contributed by atoms with Crippen LogP contribution in [0.5, 0.6) is 17.2 Å². The summed E-state index contributed by atoms with van der Waals surface area (Å²) in [5.41, 5.74) is 0.584. The Hall–Kier alpha value is -2.47. The van der Waals surface area contributed by atoms with Crippen LogP contribution in [0.25, 0.3) is 0 Å². The van der Waals surface area contributed by atoms with Crippen LogP contribution in [0.4, 0.5) is 4.39 Å². The first kappa shape index (κ1) is 17.9. The maximum atomic E-state index is 12.8. The SMILES string of the molecule is CCOc1cc(C=NO)cc(Cl)c1OCCOc1ccc(F)cc1. The minimum atomic E-state index is -0.321. The van der Waals surface area contributed by atoms with Crippen molar-refractivity contribution in [1.82, 2.24) is 0 Å². The number of rotatable bonds is 8. The Morgan fingerprint density at radius 1 is 1.12 bits per heavy atom. The van der Waals surface area contributed by atoms with Crippen molar-refractivity contribution < 1.29 is 23.8 Å². The molecule has 2 aromatic rings. The van der Waals surface area contributed by atoms with Crippen LogP contribution < -0.4 is 14.2 Å². The number of oxime groups is 1. The fraction of sp³-hybridized carbons (Fsp3) is 0.235. The van der Waals surface area contributed by atoms with Crippen molar-refractivity contribution in [2.45, 2.75) is 6.92 Å². The molecule has 1 N–H and O–H groups in total. The first-order valence-corrected chi connectivity index (χ1v) is 7.66. The van der Waals surface area contributed by atoms with E-state index in [9.17, 15) is 4.39 Å². The first-order chi connectivity index (χ1) is 11.6. The molecule has 0 aliphatic heterocycles. The van der Waals surface area contributed by atoms with Gasteiger partial charge in [-0.2, -0.15) is 0 Å². The molecule has 0 radical (unpaired) electrons. The molecule has 7 heteroatoms. The van der Waals surface area contributed by atoms with Crippen LogP contribution in [-0.2, 0) is 0 Å². The van der Waals surface area contributed by atoms with Crippen molar-refractivity contribution >= 4 is 17.8 Å². The van der Waals surface area contributed by atoms with E-state index < -0.39 is 0 Å². The molecule has 0 saturated heterocycles. The van der Waals surface area contributed by atoms with E-state index in [1.807, 2.05) is 6.92 Å². The van der Waals surface area contributed by atoms with Crippen molar-refractivity contribution in [3.8, 4) is 17.2 Å². The van der Waals surface area contributed by atoms with Gasteiger partial charge in [-0.15, -0.1) is 0 Å². The fourth-order valence-corrected chi connectivity index (χ4v) is 2.24. The Morgan fingerprint density at radius 2 is 1.83 bits per heavy atom. The highest BCUT2D eigenvalue weighted by molar-refractivity contribution is 6.32. The van der Waals surface area contributed by atoms with Gasteiger partial charge in [0, 0.05) is 5.56 Å². The van der Waals surface area contributed by atoms with Gasteiger partial charge in [-0.05, 0) is 43.3 Å². The summed E-state index contributed by atoms with van der Waals surface area (Å²) >= 11 is 6.19. The largest absolute Gasteiger partial charge is 0.490 e. The van der Waals surface area contributed by atoms with Crippen LogP contribution in [0.2, 0.25) is 5.02 Å². The lowest BCUT2D eigenvalue weighted by Gasteiger charge is -2.14. The summed E-state index contributed by atoms with van der Waals surface area (Å²) in [4.78, 5) is 0. The molecule has 0 bridgehead atoms. The van der Waals surface area contributed by atoms with Gasteiger partial charge in [0.1, 0.15) is 24.8 Å². The maximum Gasteiger partial charge on any atom is 0.179 e. The van der Waals surface area contributed by atoms with Gasteiger partial charge in [0.05, 0.1) is 17.8 Å². The Balaban J connectivity index is 1.99. The van der Waals surface area contributed by atoms with Crippen molar-refractivity contribution in [3.05, 3.63) is 52.8 Å². The predicted octanol–water partition coefficient (Wildman–Crippen LogP) is 4.14. The zero-order valence-corrected chi connectivity index (χ0v) is 13.8. The van der Waals surface area contributed by atoms with Gasteiger partial charge in [-0.25, -0.2) is 4.39 Å². The topological polar surface area (TPSA) is 60.3 Å². The summed E-state index contributed by atoms with van der Waals surface area (Å²) in [5.74, 6) is 1.06. The van der Waals surface area contributed by atoms with Gasteiger partial charge in [0.2, 0.25) is 0 Å². The fourth-order valence-electron chi connectivity index (χ4n) is 1.97. The smallest absolute Gasteiger partial charge is 0.179 e. The van der Waals surface area contributed by atoms with E-state index in [1.54, 1.807) is 12.1 Å². The van der Waals surface area contributed by atoms with Crippen LogP contribution in [0.1, 0.15) is 12.5 Å². The van der Waals surface area contributed by atoms with Crippen molar-refractivity contribution in [2.24, 2.45) is 5.16 Å². The second kappa shape index (κ2) is 8.98. The number of benzene rings is 2. The number of ether oxygens (including phenoxy) is 3. The van der Waals surface area contributed by atoms with Crippen LogP contribution in [0.15, 0.2) is 41.6 Å². The highest BCUT2D eigenvalue weighted by Gasteiger charge is 2.12. The van der Waals surface area contributed by atoms with E-state index in [-0.39, 0.29) is 19.0 Å². The van der Waals surface area contributed by atoms with Crippen LogP contribution >= 0.6 is 11.6 Å². The third kappa shape index (κ3) is 5.03. The van der Waals surface area contributed by atoms with Gasteiger partial charge >= 0.3 is 0 Å². The molecule has 24 heavy (non-hydrogen) atoms. The summed E-state index contributed by atoms with van der Waals surface area (Å²) in [7, 11) is 0. The summed E-state index contributed by atoms with van der Waals surface area (Å²) < 4.78 is 29.4. The molecule has 0 atom stereocenters. The molecule has 0 spiro atoms. The highest BCUT2D eigenvalue weighted by Crippen LogP contribution is 2.36. The van der Waals surface area contributed by atoms with Gasteiger partial charge in [-0.1, -0.05) is 16.8 Å². The van der Waals surface area contributed by atoms with Crippen LogP contribution in [-0.4, -0.2) is 31.2 Å². The normalized spacial score (nSPS) is 10.8. The lowest BCUT2D eigenvalue weighted by atomic mass is 10.2. The van der Waals surface area contributed by atoms with Crippen molar-refractivity contribution in [1.29, 1.82) is 0 Å². The second-order valence-electron chi connectivity index (χ2n) is 4.66. The van der Waals surface area contributed by atoms with Crippen LogP contribution in [0, 0.1) is 5.82 Å². The molecule has 2 rings (SSSR count). The minimum absolute atomic E-state index is 0.227. The lowest BCUT2D eigenvalue weighted by molar-refractivity contribution is 0.208. The molecule has 0 unspecified atom stereocenters. The van der Waals surface area contributed by atoms with Gasteiger partial charge in [0.15, 0.2) is 11.5 Å². The van der Waals surface area contributed by atoms with Crippen molar-refractivity contribution in [3.63, 3.8) is 0 Å².